The number of benzene rings is 4. The van der Waals surface area contributed by atoms with Gasteiger partial charge in [0.15, 0.2) is 9.84 Å². The standard InChI is InChI=1S/C33H33N3O3S/c1-5-40(38,39)29-17-9-25(10-18-29)21-32(37)34-28-15-13-27(14-16-28)33-35-30-19-8-23(3)20-31(30)36(33)24(4)26-11-6-22(2)7-12-26/h6-20,24H,5,21H2,1-4H3,(H,34,37). The second kappa shape index (κ2) is 11.1. The minimum Gasteiger partial charge on any atom is -0.326 e. The fourth-order valence-electron chi connectivity index (χ4n) is 4.87. The van der Waals surface area contributed by atoms with E-state index in [1.165, 1.54) is 16.7 Å². The Morgan fingerprint density at radius 1 is 0.875 bits per heavy atom. The lowest BCUT2D eigenvalue weighted by Gasteiger charge is -2.19. The SMILES string of the molecule is CCS(=O)(=O)c1ccc(CC(=O)Nc2ccc(-c3nc4ccc(C)cc4n3C(C)c3ccc(C)cc3)cc2)cc1. The van der Waals surface area contributed by atoms with Crippen molar-refractivity contribution < 1.29 is 13.2 Å². The van der Waals surface area contributed by atoms with Crippen molar-refractivity contribution in [3.63, 3.8) is 0 Å². The molecule has 5 rings (SSSR count). The molecule has 7 heteroatoms. The van der Waals surface area contributed by atoms with Gasteiger partial charge in [-0.1, -0.05) is 55.0 Å². The average molecular weight is 552 g/mol. The first kappa shape index (κ1) is 27.3. The van der Waals surface area contributed by atoms with Crippen LogP contribution < -0.4 is 5.32 Å². The van der Waals surface area contributed by atoms with E-state index >= 15 is 0 Å². The van der Waals surface area contributed by atoms with Gasteiger partial charge in [0.1, 0.15) is 5.82 Å². The molecule has 0 bridgehead atoms. The molecule has 0 aliphatic rings. The van der Waals surface area contributed by atoms with Gasteiger partial charge in [0, 0.05) is 11.3 Å². The maximum absolute atomic E-state index is 12.7. The molecule has 0 spiro atoms. The number of fused-ring (bicyclic) bond motifs is 1. The molecule has 0 saturated heterocycles. The molecule has 0 fully saturated rings. The van der Waals surface area contributed by atoms with Gasteiger partial charge in [-0.15, -0.1) is 0 Å². The highest BCUT2D eigenvalue weighted by Crippen LogP contribution is 2.32. The Labute approximate surface area is 235 Å². The summed E-state index contributed by atoms with van der Waals surface area (Å²) in [6.07, 6.45) is 0.150. The number of amides is 1. The number of anilines is 1. The number of aromatic nitrogens is 2. The Morgan fingerprint density at radius 2 is 1.52 bits per heavy atom. The molecule has 1 heterocycles. The highest BCUT2D eigenvalue weighted by molar-refractivity contribution is 7.91. The van der Waals surface area contributed by atoms with Gasteiger partial charge < -0.3 is 9.88 Å². The topological polar surface area (TPSA) is 81.1 Å². The third-order valence-electron chi connectivity index (χ3n) is 7.25. The predicted molar refractivity (Wildman–Crippen MR) is 161 cm³/mol. The van der Waals surface area contributed by atoms with Crippen molar-refractivity contribution in [2.45, 2.75) is 45.1 Å². The normalized spacial score (nSPS) is 12.4. The van der Waals surface area contributed by atoms with Gasteiger partial charge in [-0.2, -0.15) is 0 Å². The molecule has 40 heavy (non-hydrogen) atoms. The number of aryl methyl sites for hydroxylation is 2. The zero-order valence-corrected chi connectivity index (χ0v) is 24.0. The van der Waals surface area contributed by atoms with Gasteiger partial charge in [-0.3, -0.25) is 4.79 Å². The van der Waals surface area contributed by atoms with Crippen molar-refractivity contribution in [3.8, 4) is 11.4 Å². The number of hydrogen-bond donors (Lipinski definition) is 1. The van der Waals surface area contributed by atoms with Crippen LogP contribution in [0.3, 0.4) is 0 Å². The van der Waals surface area contributed by atoms with Gasteiger partial charge in [-0.25, -0.2) is 13.4 Å². The summed E-state index contributed by atoms with van der Waals surface area (Å²) >= 11 is 0. The van der Waals surface area contributed by atoms with E-state index in [9.17, 15) is 13.2 Å². The molecule has 0 aliphatic heterocycles. The van der Waals surface area contributed by atoms with E-state index < -0.39 is 9.84 Å². The Morgan fingerprint density at radius 3 is 2.17 bits per heavy atom. The largest absolute Gasteiger partial charge is 0.326 e. The van der Waals surface area contributed by atoms with Crippen LogP contribution in [-0.4, -0.2) is 29.6 Å². The lowest BCUT2D eigenvalue weighted by Crippen LogP contribution is -2.14. The molecule has 1 unspecified atom stereocenters. The first-order chi connectivity index (χ1) is 19.1. The minimum atomic E-state index is -3.26. The molecule has 1 N–H and O–H groups in total. The van der Waals surface area contributed by atoms with Crippen LogP contribution in [0, 0.1) is 13.8 Å². The Hall–Kier alpha value is -4.23. The number of rotatable bonds is 8. The maximum Gasteiger partial charge on any atom is 0.228 e. The van der Waals surface area contributed by atoms with Crippen LogP contribution in [0.15, 0.2) is 95.9 Å². The van der Waals surface area contributed by atoms with E-state index in [0.717, 1.165) is 28.0 Å². The van der Waals surface area contributed by atoms with E-state index in [2.05, 4.69) is 73.1 Å². The number of carbonyl (C=O) groups excluding carboxylic acids is 1. The molecule has 6 nitrogen and oxygen atoms in total. The summed E-state index contributed by atoms with van der Waals surface area (Å²) in [7, 11) is -3.26. The van der Waals surface area contributed by atoms with Crippen LogP contribution >= 0.6 is 0 Å². The third kappa shape index (κ3) is 5.70. The van der Waals surface area contributed by atoms with Gasteiger partial charge in [0.2, 0.25) is 5.91 Å². The molecular weight excluding hydrogens is 518 g/mol. The molecule has 204 valence electrons. The zero-order chi connectivity index (χ0) is 28.4. The van der Waals surface area contributed by atoms with Crippen LogP contribution in [0.5, 0.6) is 0 Å². The molecule has 5 aromatic rings. The summed E-state index contributed by atoms with van der Waals surface area (Å²) in [5, 5.41) is 2.94. The Balaban J connectivity index is 1.38. The summed E-state index contributed by atoms with van der Waals surface area (Å²) < 4.78 is 26.3. The van der Waals surface area contributed by atoms with Crippen LogP contribution in [0.2, 0.25) is 0 Å². The summed E-state index contributed by atoms with van der Waals surface area (Å²) in [4.78, 5) is 18.0. The van der Waals surface area contributed by atoms with Gasteiger partial charge in [0.05, 0.1) is 34.1 Å². The van der Waals surface area contributed by atoms with Crippen molar-refractivity contribution in [3.05, 3.63) is 113 Å². The first-order valence-electron chi connectivity index (χ1n) is 13.4. The number of nitrogens with zero attached hydrogens (tertiary/aromatic N) is 2. The summed E-state index contributed by atoms with van der Waals surface area (Å²) in [6, 6.07) is 29.2. The van der Waals surface area contributed by atoms with Crippen molar-refractivity contribution in [1.29, 1.82) is 0 Å². The van der Waals surface area contributed by atoms with Crippen molar-refractivity contribution in [2.75, 3.05) is 11.1 Å². The highest BCUT2D eigenvalue weighted by Gasteiger charge is 2.19. The van der Waals surface area contributed by atoms with E-state index in [1.807, 2.05) is 24.3 Å². The van der Waals surface area contributed by atoms with Gasteiger partial charge in [-0.05, 0) is 86.0 Å². The smallest absolute Gasteiger partial charge is 0.228 e. The quantitative estimate of drug-likeness (QED) is 0.227. The second-order valence-electron chi connectivity index (χ2n) is 10.2. The number of sulfone groups is 1. The molecule has 0 saturated carbocycles. The zero-order valence-electron chi connectivity index (χ0n) is 23.2. The second-order valence-corrected chi connectivity index (χ2v) is 12.5. The first-order valence-corrected chi connectivity index (χ1v) is 15.1. The molecule has 4 aromatic carbocycles. The molecule has 1 aromatic heterocycles. The average Bonchev–Trinajstić information content (AvgIpc) is 3.32. The van der Waals surface area contributed by atoms with Crippen LogP contribution in [-0.2, 0) is 21.1 Å². The van der Waals surface area contributed by atoms with Crippen LogP contribution in [0.4, 0.5) is 5.69 Å². The van der Waals surface area contributed by atoms with E-state index in [1.54, 1.807) is 31.2 Å². The summed E-state index contributed by atoms with van der Waals surface area (Å²) in [5.41, 5.74) is 8.02. The fraction of sp³-hybridized carbons (Fsp3) is 0.212. The fourth-order valence-corrected chi connectivity index (χ4v) is 5.75. The molecule has 1 amide bonds. The Kier molecular flexibility index (Phi) is 7.59. The van der Waals surface area contributed by atoms with Crippen LogP contribution in [0.25, 0.3) is 22.4 Å². The highest BCUT2D eigenvalue weighted by atomic mass is 32.2. The number of imidazole rings is 1. The lowest BCUT2D eigenvalue weighted by atomic mass is 10.1. The maximum atomic E-state index is 12.7. The van der Waals surface area contributed by atoms with Crippen LogP contribution in [0.1, 0.15) is 42.1 Å². The third-order valence-corrected chi connectivity index (χ3v) is 9.00. The monoisotopic (exact) mass is 551 g/mol. The van der Waals surface area contributed by atoms with Crippen molar-refractivity contribution >= 4 is 32.5 Å². The van der Waals surface area contributed by atoms with Gasteiger partial charge >= 0.3 is 0 Å². The Bertz CT molecular complexity index is 1770. The predicted octanol–water partition coefficient (Wildman–Crippen LogP) is 6.90. The van der Waals surface area contributed by atoms with E-state index in [0.29, 0.717) is 5.69 Å². The van der Waals surface area contributed by atoms with Crippen molar-refractivity contribution in [1.82, 2.24) is 9.55 Å². The summed E-state index contributed by atoms with van der Waals surface area (Å²) in [6.45, 7) is 7.98. The van der Waals surface area contributed by atoms with Crippen molar-refractivity contribution in [2.24, 2.45) is 0 Å². The molecular formula is C33H33N3O3S. The molecule has 0 aliphatic carbocycles. The molecule has 0 radical (unpaired) electrons. The van der Waals surface area contributed by atoms with Gasteiger partial charge in [0.25, 0.3) is 0 Å². The number of carbonyl (C=O) groups is 1. The number of nitrogens with one attached hydrogen (secondary N) is 1. The summed E-state index contributed by atoms with van der Waals surface area (Å²) in [5.74, 6) is 0.743. The van der Waals surface area contributed by atoms with E-state index in [-0.39, 0.29) is 29.0 Å². The molecule has 1 atom stereocenters. The van der Waals surface area contributed by atoms with E-state index in [4.69, 9.17) is 4.98 Å². The minimum absolute atomic E-state index is 0.0452. The lowest BCUT2D eigenvalue weighted by molar-refractivity contribution is -0.115. The number of hydrogen-bond acceptors (Lipinski definition) is 4.